The van der Waals surface area contributed by atoms with Gasteiger partial charge in [-0.1, -0.05) is 48.5 Å². The molecule has 0 aliphatic carbocycles. The molecule has 2 aliphatic heterocycles. The smallest absolute Gasteiger partial charge is 0.399 e. The molecular formula is C21H25BN2O3. The van der Waals surface area contributed by atoms with E-state index in [2.05, 4.69) is 50.3 Å². The first-order valence-corrected chi connectivity index (χ1v) is 9.31. The fraction of sp³-hybridized carbons (Fsp3) is 0.381. The third-order valence-corrected chi connectivity index (χ3v) is 5.57. The minimum atomic E-state index is -0.355. The van der Waals surface area contributed by atoms with Gasteiger partial charge in [-0.05, 0) is 44.3 Å². The van der Waals surface area contributed by atoms with Crippen molar-refractivity contribution in [1.29, 1.82) is 0 Å². The van der Waals surface area contributed by atoms with Crippen LogP contribution >= 0.6 is 0 Å². The second-order valence-corrected chi connectivity index (χ2v) is 8.05. The Hall–Kier alpha value is -2.15. The summed E-state index contributed by atoms with van der Waals surface area (Å²) in [6, 6.07) is 16.3. The molecule has 0 radical (unpaired) electrons. The summed E-state index contributed by atoms with van der Waals surface area (Å²) in [6.45, 7) is 9.37. The van der Waals surface area contributed by atoms with Gasteiger partial charge in [-0.15, -0.1) is 0 Å². The van der Waals surface area contributed by atoms with Crippen molar-refractivity contribution in [3.8, 4) is 0 Å². The Bertz CT molecular complexity index is 849. The largest absolute Gasteiger partial charge is 0.494 e. The van der Waals surface area contributed by atoms with Gasteiger partial charge in [0.15, 0.2) is 5.84 Å². The van der Waals surface area contributed by atoms with Crippen LogP contribution in [0.5, 0.6) is 0 Å². The van der Waals surface area contributed by atoms with Crippen LogP contribution in [0.2, 0.25) is 0 Å². The predicted molar refractivity (Wildman–Crippen MR) is 107 cm³/mol. The number of aliphatic imine (C=N–C) groups is 1. The molecule has 2 aromatic carbocycles. The molecule has 1 N–H and O–H groups in total. The fourth-order valence-electron chi connectivity index (χ4n) is 3.20. The summed E-state index contributed by atoms with van der Waals surface area (Å²) in [6.07, 6.45) is 0. The van der Waals surface area contributed by atoms with E-state index in [9.17, 15) is 0 Å². The Morgan fingerprint density at radius 3 is 2.44 bits per heavy atom. The van der Waals surface area contributed by atoms with Gasteiger partial charge in [0, 0.05) is 5.56 Å². The maximum absolute atomic E-state index is 6.15. The lowest BCUT2D eigenvalue weighted by Crippen LogP contribution is -2.41. The number of rotatable bonds is 4. The maximum Gasteiger partial charge on any atom is 0.494 e. The van der Waals surface area contributed by atoms with E-state index in [-0.39, 0.29) is 18.3 Å². The van der Waals surface area contributed by atoms with E-state index in [0.29, 0.717) is 13.2 Å². The Morgan fingerprint density at radius 2 is 1.74 bits per heavy atom. The molecule has 0 unspecified atom stereocenters. The highest BCUT2D eigenvalue weighted by atomic mass is 16.7. The average Bonchev–Trinajstić information content (AvgIpc) is 3.13. The number of hydrogen-bond donors (Lipinski definition) is 1. The van der Waals surface area contributed by atoms with Crippen molar-refractivity contribution in [3.05, 3.63) is 65.2 Å². The minimum Gasteiger partial charge on any atom is -0.399 e. The third-order valence-electron chi connectivity index (χ3n) is 5.57. The summed E-state index contributed by atoms with van der Waals surface area (Å²) < 4.78 is 12.3. The zero-order valence-corrected chi connectivity index (χ0v) is 16.3. The molecule has 140 valence electrons. The van der Waals surface area contributed by atoms with Crippen LogP contribution in [0, 0.1) is 0 Å². The van der Waals surface area contributed by atoms with Gasteiger partial charge >= 0.3 is 7.12 Å². The summed E-state index contributed by atoms with van der Waals surface area (Å²) in [5, 5.41) is 0. The van der Waals surface area contributed by atoms with Gasteiger partial charge in [-0.3, -0.25) is 9.83 Å². The topological polar surface area (TPSA) is 52.1 Å². The average molecular weight is 364 g/mol. The Labute approximate surface area is 160 Å². The molecule has 1 saturated heterocycles. The maximum atomic E-state index is 6.15. The van der Waals surface area contributed by atoms with E-state index in [1.54, 1.807) is 0 Å². The van der Waals surface area contributed by atoms with Crippen LogP contribution in [0.25, 0.3) is 0 Å². The van der Waals surface area contributed by atoms with Crippen molar-refractivity contribution < 1.29 is 14.1 Å². The minimum absolute atomic E-state index is 0.342. The molecule has 27 heavy (non-hydrogen) atoms. The highest BCUT2D eigenvalue weighted by Crippen LogP contribution is 2.36. The van der Waals surface area contributed by atoms with Crippen molar-refractivity contribution in [2.75, 3.05) is 0 Å². The van der Waals surface area contributed by atoms with E-state index in [1.807, 2.05) is 36.4 Å². The van der Waals surface area contributed by atoms with E-state index in [1.165, 1.54) is 0 Å². The zero-order chi connectivity index (χ0) is 19.1. The Morgan fingerprint density at radius 1 is 1.04 bits per heavy atom. The van der Waals surface area contributed by atoms with Crippen molar-refractivity contribution in [2.24, 2.45) is 4.99 Å². The van der Waals surface area contributed by atoms with Gasteiger partial charge in [-0.2, -0.15) is 0 Å². The predicted octanol–water partition coefficient (Wildman–Crippen LogP) is 2.97. The van der Waals surface area contributed by atoms with Crippen molar-refractivity contribution in [1.82, 2.24) is 5.48 Å². The molecule has 0 saturated carbocycles. The molecule has 2 aliphatic rings. The van der Waals surface area contributed by atoms with Gasteiger partial charge < -0.3 is 9.31 Å². The van der Waals surface area contributed by atoms with E-state index in [0.717, 1.165) is 28.0 Å². The molecule has 0 atom stereocenters. The number of hydrogen-bond acceptors (Lipinski definition) is 5. The summed E-state index contributed by atoms with van der Waals surface area (Å²) in [4.78, 5) is 10.2. The van der Waals surface area contributed by atoms with Crippen LogP contribution in [0.1, 0.15) is 44.4 Å². The lowest BCUT2D eigenvalue weighted by Gasteiger charge is -2.32. The van der Waals surface area contributed by atoms with Gasteiger partial charge in [0.2, 0.25) is 0 Å². The number of nitrogens with zero attached hydrogens (tertiary/aromatic N) is 1. The SMILES string of the molecule is CC1(C)OB(c2ccc3c(c2)CN=C3NOCc2ccccc2)OC1(C)C. The van der Waals surface area contributed by atoms with Crippen LogP contribution in [-0.4, -0.2) is 24.2 Å². The van der Waals surface area contributed by atoms with Crippen molar-refractivity contribution >= 4 is 18.4 Å². The normalized spacial score (nSPS) is 19.7. The monoisotopic (exact) mass is 364 g/mol. The quantitative estimate of drug-likeness (QED) is 0.670. The lowest BCUT2D eigenvalue weighted by atomic mass is 9.78. The highest BCUT2D eigenvalue weighted by Gasteiger charge is 2.51. The number of fused-ring (bicyclic) bond motifs is 1. The molecule has 0 bridgehead atoms. The van der Waals surface area contributed by atoms with Crippen LogP contribution in [-0.2, 0) is 27.3 Å². The number of amidine groups is 1. The number of hydroxylamine groups is 1. The van der Waals surface area contributed by atoms with Gasteiger partial charge in [0.1, 0.15) is 0 Å². The van der Waals surface area contributed by atoms with E-state index >= 15 is 0 Å². The second kappa shape index (κ2) is 6.78. The molecule has 0 amide bonds. The first-order chi connectivity index (χ1) is 12.9. The van der Waals surface area contributed by atoms with Gasteiger partial charge in [-0.25, -0.2) is 5.48 Å². The third kappa shape index (κ3) is 3.52. The molecule has 0 spiro atoms. The van der Waals surface area contributed by atoms with Crippen LogP contribution in [0.15, 0.2) is 53.5 Å². The molecular weight excluding hydrogens is 339 g/mol. The first-order valence-electron chi connectivity index (χ1n) is 9.31. The zero-order valence-electron chi connectivity index (χ0n) is 16.3. The molecule has 2 heterocycles. The second-order valence-electron chi connectivity index (χ2n) is 8.05. The molecule has 1 fully saturated rings. The Balaban J connectivity index is 1.42. The molecule has 6 heteroatoms. The van der Waals surface area contributed by atoms with Crippen molar-refractivity contribution in [3.63, 3.8) is 0 Å². The summed E-state index contributed by atoms with van der Waals surface area (Å²) in [5.41, 5.74) is 6.64. The first kappa shape index (κ1) is 18.2. The van der Waals surface area contributed by atoms with Crippen LogP contribution < -0.4 is 10.9 Å². The fourth-order valence-corrected chi connectivity index (χ4v) is 3.20. The Kier molecular flexibility index (Phi) is 4.58. The van der Waals surface area contributed by atoms with E-state index < -0.39 is 0 Å². The lowest BCUT2D eigenvalue weighted by molar-refractivity contribution is 0.00578. The summed E-state index contributed by atoms with van der Waals surface area (Å²) >= 11 is 0. The molecule has 5 nitrogen and oxygen atoms in total. The summed E-state index contributed by atoms with van der Waals surface area (Å²) in [5.74, 6) is 0.765. The molecule has 4 rings (SSSR count). The van der Waals surface area contributed by atoms with E-state index in [4.69, 9.17) is 14.1 Å². The number of nitrogens with one attached hydrogen (secondary N) is 1. The molecule has 0 aromatic heterocycles. The standard InChI is InChI=1S/C21H25BN2O3/c1-20(2)21(3,4)27-22(26-20)17-10-11-18-16(12-17)13-23-19(18)24-25-14-15-8-6-5-7-9-15/h5-12H,13-14H2,1-4H3,(H,23,24). The molecule has 2 aromatic rings. The number of benzene rings is 2. The highest BCUT2D eigenvalue weighted by molar-refractivity contribution is 6.62. The summed E-state index contributed by atoms with van der Waals surface area (Å²) in [7, 11) is -0.355. The van der Waals surface area contributed by atoms with Crippen molar-refractivity contribution in [2.45, 2.75) is 52.0 Å². The van der Waals surface area contributed by atoms with Crippen LogP contribution in [0.4, 0.5) is 0 Å². The van der Waals surface area contributed by atoms with Gasteiger partial charge in [0.05, 0.1) is 24.4 Å². The van der Waals surface area contributed by atoms with Crippen LogP contribution in [0.3, 0.4) is 0 Å². The van der Waals surface area contributed by atoms with Gasteiger partial charge in [0.25, 0.3) is 0 Å².